The Morgan fingerprint density at radius 2 is 1.87 bits per heavy atom. The summed E-state index contributed by atoms with van der Waals surface area (Å²) >= 11 is 0. The molecule has 0 atom stereocenters. The first-order chi connectivity index (χ1) is 18.2. The number of aryl methyl sites for hydroxylation is 1. The highest BCUT2D eigenvalue weighted by Crippen LogP contribution is 2.39. The van der Waals surface area contributed by atoms with Gasteiger partial charge in [0.05, 0.1) is 12.2 Å². The molecule has 200 valence electrons. The van der Waals surface area contributed by atoms with Crippen molar-refractivity contribution in [1.82, 2.24) is 20.2 Å². The van der Waals surface area contributed by atoms with Crippen molar-refractivity contribution in [2.24, 2.45) is 5.73 Å². The van der Waals surface area contributed by atoms with E-state index in [1.807, 2.05) is 6.92 Å². The molecule has 0 aliphatic carbocycles. The van der Waals surface area contributed by atoms with Crippen molar-refractivity contribution in [3.05, 3.63) is 64.7 Å². The molecule has 2 heterocycles. The number of aromatic nitrogens is 2. The lowest BCUT2D eigenvalue weighted by atomic mass is 9.97. The molecule has 1 aliphatic rings. The summed E-state index contributed by atoms with van der Waals surface area (Å²) < 4.78 is 29.7. The number of carbonyl (C=O) groups is 2. The van der Waals surface area contributed by atoms with Gasteiger partial charge in [-0.1, -0.05) is 26.0 Å². The summed E-state index contributed by atoms with van der Waals surface area (Å²) in [6.07, 6.45) is 0.805. The van der Waals surface area contributed by atoms with Gasteiger partial charge in [0.1, 0.15) is 17.3 Å². The molecule has 0 spiro atoms. The van der Waals surface area contributed by atoms with E-state index in [2.05, 4.69) is 34.4 Å². The first kappa shape index (κ1) is 26.9. The van der Waals surface area contributed by atoms with Crippen LogP contribution < -0.4 is 21.3 Å². The van der Waals surface area contributed by atoms with E-state index < -0.39 is 29.3 Å². The number of nitrogens with two attached hydrogens (primary N) is 1. The average molecular weight is 524 g/mol. The lowest BCUT2D eigenvalue weighted by molar-refractivity contribution is 0.1000. The van der Waals surface area contributed by atoms with Gasteiger partial charge >= 0.3 is 6.03 Å². The zero-order chi connectivity index (χ0) is 27.4. The predicted octanol–water partition coefficient (Wildman–Crippen LogP) is 4.33. The topological polar surface area (TPSA) is 116 Å². The van der Waals surface area contributed by atoms with Gasteiger partial charge in [-0.3, -0.25) is 4.79 Å². The highest BCUT2D eigenvalue weighted by atomic mass is 19.1. The summed E-state index contributed by atoms with van der Waals surface area (Å²) in [6.45, 7) is 9.34. The van der Waals surface area contributed by atoms with E-state index >= 15 is 0 Å². The largest absolute Gasteiger partial charge is 0.366 e. The SMILES string of the molecule is CCN(CC)CCCNc1nc(-c2cc(C(N)=O)ccc2C)c2c(n1)N(c1c(F)cccc1F)C(=O)NC2. The smallest absolute Gasteiger partial charge is 0.328 e. The van der Waals surface area contributed by atoms with E-state index in [4.69, 9.17) is 10.7 Å². The fourth-order valence-electron chi connectivity index (χ4n) is 4.44. The van der Waals surface area contributed by atoms with E-state index in [0.29, 0.717) is 23.4 Å². The molecule has 11 heteroatoms. The number of hydrogen-bond acceptors (Lipinski definition) is 6. The number of carbonyl (C=O) groups excluding carboxylic acids is 2. The molecule has 4 rings (SSSR count). The zero-order valence-electron chi connectivity index (χ0n) is 21.6. The molecular weight excluding hydrogens is 492 g/mol. The highest BCUT2D eigenvalue weighted by molar-refractivity contribution is 6.02. The van der Waals surface area contributed by atoms with Crippen molar-refractivity contribution in [2.45, 2.75) is 33.7 Å². The molecule has 1 aliphatic heterocycles. The molecule has 0 unspecified atom stereocenters. The van der Waals surface area contributed by atoms with Gasteiger partial charge in [0.25, 0.3) is 0 Å². The minimum absolute atomic E-state index is 0.0263. The van der Waals surface area contributed by atoms with Crippen molar-refractivity contribution in [3.8, 4) is 11.3 Å². The van der Waals surface area contributed by atoms with Gasteiger partial charge in [0, 0.05) is 23.2 Å². The van der Waals surface area contributed by atoms with Crippen molar-refractivity contribution in [2.75, 3.05) is 36.4 Å². The number of nitrogens with one attached hydrogen (secondary N) is 2. The van der Waals surface area contributed by atoms with Gasteiger partial charge in [0.2, 0.25) is 11.9 Å². The van der Waals surface area contributed by atoms with Crippen LogP contribution in [0.1, 0.15) is 41.8 Å². The predicted molar refractivity (Wildman–Crippen MR) is 142 cm³/mol. The number of urea groups is 1. The third-order valence-corrected chi connectivity index (χ3v) is 6.58. The Kier molecular flexibility index (Phi) is 8.16. The van der Waals surface area contributed by atoms with Gasteiger partial charge < -0.3 is 21.3 Å². The number of amides is 3. The summed E-state index contributed by atoms with van der Waals surface area (Å²) in [5.74, 6) is -2.17. The van der Waals surface area contributed by atoms with Crippen LogP contribution in [0, 0.1) is 18.6 Å². The summed E-state index contributed by atoms with van der Waals surface area (Å²) in [6, 6.07) is 7.64. The van der Waals surface area contributed by atoms with E-state index in [1.165, 1.54) is 6.07 Å². The van der Waals surface area contributed by atoms with Crippen LogP contribution in [0.15, 0.2) is 36.4 Å². The zero-order valence-corrected chi connectivity index (χ0v) is 21.6. The van der Waals surface area contributed by atoms with Crippen LogP contribution in [-0.2, 0) is 6.54 Å². The Labute approximate surface area is 220 Å². The Hall–Kier alpha value is -4.12. The van der Waals surface area contributed by atoms with E-state index in [9.17, 15) is 18.4 Å². The van der Waals surface area contributed by atoms with Crippen LogP contribution >= 0.6 is 0 Å². The quantitative estimate of drug-likeness (QED) is 0.341. The van der Waals surface area contributed by atoms with Crippen LogP contribution in [0.3, 0.4) is 0 Å². The number of benzene rings is 2. The maximum atomic E-state index is 14.8. The van der Waals surface area contributed by atoms with Gasteiger partial charge in [-0.15, -0.1) is 0 Å². The summed E-state index contributed by atoms with van der Waals surface area (Å²) in [5, 5.41) is 5.86. The number of nitrogens with zero attached hydrogens (tertiary/aromatic N) is 4. The van der Waals surface area contributed by atoms with Crippen LogP contribution in [-0.4, -0.2) is 53.0 Å². The number of hydrogen-bond donors (Lipinski definition) is 3. The van der Waals surface area contributed by atoms with E-state index in [-0.39, 0.29) is 23.9 Å². The third kappa shape index (κ3) is 5.42. The van der Waals surface area contributed by atoms with Gasteiger partial charge in [-0.05, 0) is 62.8 Å². The number of anilines is 3. The van der Waals surface area contributed by atoms with E-state index in [1.54, 1.807) is 18.2 Å². The summed E-state index contributed by atoms with van der Waals surface area (Å²) in [5.41, 5.74) is 7.52. The van der Waals surface area contributed by atoms with Gasteiger partial charge in [-0.2, -0.15) is 4.98 Å². The minimum Gasteiger partial charge on any atom is -0.366 e. The Balaban J connectivity index is 1.84. The maximum Gasteiger partial charge on any atom is 0.328 e. The molecule has 0 fully saturated rings. The van der Waals surface area contributed by atoms with E-state index in [0.717, 1.165) is 48.7 Å². The molecule has 4 N–H and O–H groups in total. The summed E-state index contributed by atoms with van der Waals surface area (Å²) in [7, 11) is 0. The molecule has 0 radical (unpaired) electrons. The maximum absolute atomic E-state index is 14.8. The van der Waals surface area contributed by atoms with Crippen molar-refractivity contribution in [1.29, 1.82) is 0 Å². The molecule has 3 aromatic rings. The fraction of sp³-hybridized carbons (Fsp3) is 0.333. The van der Waals surface area contributed by atoms with Crippen molar-refractivity contribution >= 4 is 29.4 Å². The molecule has 1 aromatic heterocycles. The molecule has 38 heavy (non-hydrogen) atoms. The monoisotopic (exact) mass is 523 g/mol. The number of fused-ring (bicyclic) bond motifs is 1. The van der Waals surface area contributed by atoms with Crippen molar-refractivity contribution < 1.29 is 18.4 Å². The Morgan fingerprint density at radius 1 is 1.16 bits per heavy atom. The lowest BCUT2D eigenvalue weighted by Crippen LogP contribution is -2.43. The average Bonchev–Trinajstić information content (AvgIpc) is 2.89. The van der Waals surface area contributed by atoms with Crippen molar-refractivity contribution in [3.63, 3.8) is 0 Å². The second-order valence-corrected chi connectivity index (χ2v) is 8.96. The molecule has 0 saturated carbocycles. The Bertz CT molecular complexity index is 1340. The van der Waals surface area contributed by atoms with Gasteiger partial charge in [-0.25, -0.2) is 23.5 Å². The fourth-order valence-corrected chi connectivity index (χ4v) is 4.44. The van der Waals surface area contributed by atoms with Crippen LogP contribution in [0.5, 0.6) is 0 Å². The molecule has 2 aromatic carbocycles. The molecule has 9 nitrogen and oxygen atoms in total. The number of primary amides is 1. The minimum atomic E-state index is -0.909. The van der Waals surface area contributed by atoms with Crippen LogP contribution in [0.25, 0.3) is 11.3 Å². The van der Waals surface area contributed by atoms with Crippen LogP contribution in [0.2, 0.25) is 0 Å². The summed E-state index contributed by atoms with van der Waals surface area (Å²) in [4.78, 5) is 37.3. The molecule has 3 amide bonds. The molecule has 0 bridgehead atoms. The van der Waals surface area contributed by atoms with Crippen LogP contribution in [0.4, 0.5) is 31.0 Å². The first-order valence-corrected chi connectivity index (χ1v) is 12.5. The number of rotatable bonds is 10. The molecular formula is C27H31F2N7O2. The number of halogens is 2. The standard InChI is InChI=1S/C27H31F2N7O2/c1-4-35(5-2)13-7-12-31-26-33-22(18-14-17(24(30)37)11-10-16(18)3)19-15-32-27(38)36(25(19)34-26)23-20(28)8-6-9-21(23)29/h6,8-11,14H,4-5,7,12-13,15H2,1-3H3,(H2,30,37)(H,32,38)(H,31,33,34). The third-order valence-electron chi connectivity index (χ3n) is 6.58. The Morgan fingerprint density at radius 3 is 2.53 bits per heavy atom. The highest BCUT2D eigenvalue weighted by Gasteiger charge is 2.34. The van der Waals surface area contributed by atoms with Gasteiger partial charge in [0.15, 0.2) is 5.82 Å². The normalized spacial score (nSPS) is 12.9. The second-order valence-electron chi connectivity index (χ2n) is 8.96. The first-order valence-electron chi connectivity index (χ1n) is 12.5. The number of para-hydroxylation sites is 1. The molecule has 0 saturated heterocycles. The lowest BCUT2D eigenvalue weighted by Gasteiger charge is -2.31. The second kappa shape index (κ2) is 11.5.